The second-order valence-corrected chi connectivity index (χ2v) is 8.23. The molecule has 0 saturated heterocycles. The number of rotatable bonds is 3. The zero-order valence-electron chi connectivity index (χ0n) is 12.2. The minimum Gasteiger partial charge on any atom is -0.371 e. The highest BCUT2D eigenvalue weighted by molar-refractivity contribution is 5.05. The molecule has 2 N–H and O–H groups in total. The standard InChI is InChI=1S/C16H29NO/c1-15(2,3)18-14(10-17)16-7-11-4-12(8-16)6-13(5-11)9-16/h11-14H,4-10,17H2,1-3H3. The Morgan fingerprint density at radius 3 is 1.83 bits per heavy atom. The summed E-state index contributed by atoms with van der Waals surface area (Å²) in [6, 6.07) is 0. The molecule has 0 aliphatic heterocycles. The van der Waals surface area contributed by atoms with Crippen LogP contribution in [0.3, 0.4) is 0 Å². The van der Waals surface area contributed by atoms with E-state index < -0.39 is 0 Å². The fourth-order valence-electron chi connectivity index (χ4n) is 5.42. The highest BCUT2D eigenvalue weighted by Gasteiger charge is 2.54. The van der Waals surface area contributed by atoms with Crippen molar-refractivity contribution in [1.82, 2.24) is 0 Å². The van der Waals surface area contributed by atoms with Crippen LogP contribution in [0, 0.1) is 23.2 Å². The maximum absolute atomic E-state index is 6.35. The van der Waals surface area contributed by atoms with Crippen molar-refractivity contribution < 1.29 is 4.74 Å². The molecule has 0 aromatic rings. The molecule has 0 heterocycles. The van der Waals surface area contributed by atoms with Crippen molar-refractivity contribution in [2.75, 3.05) is 6.54 Å². The van der Waals surface area contributed by atoms with Gasteiger partial charge in [-0.25, -0.2) is 0 Å². The van der Waals surface area contributed by atoms with Gasteiger partial charge in [0.2, 0.25) is 0 Å². The summed E-state index contributed by atoms with van der Waals surface area (Å²) in [6.45, 7) is 7.19. The van der Waals surface area contributed by atoms with E-state index in [1.54, 1.807) is 0 Å². The molecule has 0 amide bonds. The van der Waals surface area contributed by atoms with Crippen LogP contribution in [0.5, 0.6) is 0 Å². The van der Waals surface area contributed by atoms with Crippen LogP contribution in [0.1, 0.15) is 59.3 Å². The molecule has 4 bridgehead atoms. The van der Waals surface area contributed by atoms with Crippen LogP contribution in [0.25, 0.3) is 0 Å². The van der Waals surface area contributed by atoms with Crippen LogP contribution in [0.2, 0.25) is 0 Å². The Hall–Kier alpha value is -0.0800. The maximum atomic E-state index is 6.35. The molecule has 4 aliphatic rings. The van der Waals surface area contributed by atoms with Crippen LogP contribution >= 0.6 is 0 Å². The van der Waals surface area contributed by atoms with Crippen LogP contribution in [0.15, 0.2) is 0 Å². The van der Waals surface area contributed by atoms with Crippen molar-refractivity contribution in [3.05, 3.63) is 0 Å². The first-order chi connectivity index (χ1) is 8.40. The van der Waals surface area contributed by atoms with Gasteiger partial charge in [0, 0.05) is 6.54 Å². The molecular weight excluding hydrogens is 222 g/mol. The molecule has 4 rings (SSSR count). The molecule has 0 aromatic heterocycles. The lowest BCUT2D eigenvalue weighted by atomic mass is 9.48. The molecule has 4 saturated carbocycles. The van der Waals surface area contributed by atoms with Gasteiger partial charge in [0.25, 0.3) is 0 Å². The zero-order chi connectivity index (χ0) is 13.0. The van der Waals surface area contributed by atoms with E-state index in [0.717, 1.165) is 17.8 Å². The highest BCUT2D eigenvalue weighted by Crippen LogP contribution is 2.61. The Bertz CT molecular complexity index is 282. The summed E-state index contributed by atoms with van der Waals surface area (Å²) in [4.78, 5) is 0. The normalized spacial score (nSPS) is 44.3. The fraction of sp³-hybridized carbons (Fsp3) is 1.00. The molecule has 0 radical (unpaired) electrons. The molecular formula is C16H29NO. The molecule has 4 aliphatic carbocycles. The molecule has 0 spiro atoms. The minimum absolute atomic E-state index is 0.0621. The summed E-state index contributed by atoms with van der Waals surface area (Å²) >= 11 is 0. The van der Waals surface area contributed by atoms with Gasteiger partial charge in [-0.1, -0.05) is 0 Å². The van der Waals surface area contributed by atoms with Gasteiger partial charge < -0.3 is 10.5 Å². The minimum atomic E-state index is -0.0621. The summed E-state index contributed by atoms with van der Waals surface area (Å²) in [7, 11) is 0. The van der Waals surface area contributed by atoms with Crippen LogP contribution in [-0.2, 0) is 4.74 Å². The van der Waals surface area contributed by atoms with Crippen molar-refractivity contribution in [3.63, 3.8) is 0 Å². The van der Waals surface area contributed by atoms with Gasteiger partial charge in [0.1, 0.15) is 0 Å². The van der Waals surface area contributed by atoms with Crippen LogP contribution in [0.4, 0.5) is 0 Å². The van der Waals surface area contributed by atoms with Gasteiger partial charge in [-0.3, -0.25) is 0 Å². The lowest BCUT2D eigenvalue weighted by Gasteiger charge is -2.59. The molecule has 2 heteroatoms. The lowest BCUT2D eigenvalue weighted by molar-refractivity contribution is -0.174. The van der Waals surface area contributed by atoms with Gasteiger partial charge in [-0.2, -0.15) is 0 Å². The first kappa shape index (κ1) is 12.9. The fourth-order valence-corrected chi connectivity index (χ4v) is 5.42. The van der Waals surface area contributed by atoms with E-state index in [9.17, 15) is 0 Å². The smallest absolute Gasteiger partial charge is 0.0760 e. The van der Waals surface area contributed by atoms with Gasteiger partial charge >= 0.3 is 0 Å². The molecule has 4 fully saturated rings. The molecule has 0 aromatic carbocycles. The van der Waals surface area contributed by atoms with Crippen molar-refractivity contribution in [1.29, 1.82) is 0 Å². The quantitative estimate of drug-likeness (QED) is 0.835. The third-order valence-electron chi connectivity index (χ3n) is 5.48. The Labute approximate surface area is 112 Å². The first-order valence-electron chi connectivity index (χ1n) is 7.78. The van der Waals surface area contributed by atoms with E-state index in [1.165, 1.54) is 38.5 Å². The van der Waals surface area contributed by atoms with E-state index in [-0.39, 0.29) is 11.7 Å². The summed E-state index contributed by atoms with van der Waals surface area (Å²) in [5, 5.41) is 0. The average Bonchev–Trinajstić information content (AvgIpc) is 2.22. The molecule has 2 nitrogen and oxygen atoms in total. The SMILES string of the molecule is CC(C)(C)OC(CN)C12CC3CC(CC(C3)C1)C2. The Morgan fingerprint density at radius 2 is 1.50 bits per heavy atom. The zero-order valence-corrected chi connectivity index (χ0v) is 12.2. The van der Waals surface area contributed by atoms with Gasteiger partial charge in [-0.05, 0) is 82.5 Å². The Morgan fingerprint density at radius 1 is 1.06 bits per heavy atom. The van der Waals surface area contributed by atoms with Gasteiger partial charge in [0.05, 0.1) is 11.7 Å². The maximum Gasteiger partial charge on any atom is 0.0760 e. The van der Waals surface area contributed by atoms with Crippen molar-refractivity contribution in [3.8, 4) is 0 Å². The Kier molecular flexibility index (Phi) is 3.02. The number of nitrogens with two attached hydrogens (primary N) is 1. The van der Waals surface area contributed by atoms with Crippen molar-refractivity contribution >= 4 is 0 Å². The third-order valence-corrected chi connectivity index (χ3v) is 5.48. The van der Waals surface area contributed by atoms with Crippen molar-refractivity contribution in [2.45, 2.75) is 71.0 Å². The largest absolute Gasteiger partial charge is 0.371 e. The molecule has 1 unspecified atom stereocenters. The predicted octanol–water partition coefficient (Wildman–Crippen LogP) is 3.35. The highest BCUT2D eigenvalue weighted by atomic mass is 16.5. The lowest BCUT2D eigenvalue weighted by Crippen LogP contribution is -2.55. The Balaban J connectivity index is 1.80. The third kappa shape index (κ3) is 2.22. The number of hydrogen-bond donors (Lipinski definition) is 1. The molecule has 1 atom stereocenters. The topological polar surface area (TPSA) is 35.2 Å². The summed E-state index contributed by atoms with van der Waals surface area (Å²) in [6.07, 6.45) is 8.92. The first-order valence-corrected chi connectivity index (χ1v) is 7.78. The second-order valence-electron chi connectivity index (χ2n) is 8.23. The molecule has 104 valence electrons. The number of hydrogen-bond acceptors (Lipinski definition) is 2. The van der Waals surface area contributed by atoms with E-state index in [1.807, 2.05) is 0 Å². The van der Waals surface area contributed by atoms with E-state index in [0.29, 0.717) is 12.0 Å². The van der Waals surface area contributed by atoms with Gasteiger partial charge in [-0.15, -0.1) is 0 Å². The monoisotopic (exact) mass is 251 g/mol. The van der Waals surface area contributed by atoms with E-state index in [2.05, 4.69) is 20.8 Å². The summed E-state index contributed by atoms with van der Waals surface area (Å²) in [5.41, 5.74) is 6.44. The molecule has 18 heavy (non-hydrogen) atoms. The second kappa shape index (κ2) is 4.21. The predicted molar refractivity (Wildman–Crippen MR) is 74.3 cm³/mol. The van der Waals surface area contributed by atoms with Crippen molar-refractivity contribution in [2.24, 2.45) is 28.9 Å². The van der Waals surface area contributed by atoms with E-state index >= 15 is 0 Å². The summed E-state index contributed by atoms with van der Waals surface area (Å²) in [5.74, 6) is 2.94. The van der Waals surface area contributed by atoms with Crippen LogP contribution in [-0.4, -0.2) is 18.2 Å². The average molecular weight is 251 g/mol. The number of ether oxygens (including phenoxy) is 1. The van der Waals surface area contributed by atoms with Crippen LogP contribution < -0.4 is 5.73 Å². The summed E-state index contributed by atoms with van der Waals surface area (Å²) < 4.78 is 6.35. The van der Waals surface area contributed by atoms with Gasteiger partial charge in [0.15, 0.2) is 0 Å². The van der Waals surface area contributed by atoms with E-state index in [4.69, 9.17) is 10.5 Å².